The van der Waals surface area contributed by atoms with Gasteiger partial charge in [-0.25, -0.2) is 0 Å². The average Bonchev–Trinajstić information content (AvgIpc) is 2.39. The molecule has 0 atom stereocenters. The molecule has 1 amide bonds. The van der Waals surface area contributed by atoms with Crippen molar-refractivity contribution in [2.45, 2.75) is 57.5 Å². The molecule has 1 aliphatic heterocycles. The number of amides is 1. The molecule has 1 saturated carbocycles. The first-order chi connectivity index (χ1) is 8.59. The number of carbonyl (C=O) groups is 1. The molecule has 0 bridgehead atoms. The van der Waals surface area contributed by atoms with Gasteiger partial charge in [-0.2, -0.15) is 0 Å². The average molecular weight is 253 g/mol. The maximum Gasteiger partial charge on any atom is 0.237 e. The van der Waals surface area contributed by atoms with Crippen LogP contribution in [0.4, 0.5) is 0 Å². The monoisotopic (exact) mass is 253 g/mol. The molecule has 1 saturated heterocycles. The number of nitrogens with zero attached hydrogens (tertiary/aromatic N) is 2. The minimum absolute atomic E-state index is 0.108. The highest BCUT2D eigenvalue weighted by molar-refractivity contribution is 5.79. The van der Waals surface area contributed by atoms with E-state index in [1.54, 1.807) is 0 Å². The van der Waals surface area contributed by atoms with Gasteiger partial charge in [0.05, 0.1) is 6.54 Å². The van der Waals surface area contributed by atoms with Gasteiger partial charge in [0.2, 0.25) is 5.91 Å². The maximum absolute atomic E-state index is 12.2. The van der Waals surface area contributed by atoms with Crippen molar-refractivity contribution >= 4 is 5.91 Å². The Labute approximate surface area is 110 Å². The summed E-state index contributed by atoms with van der Waals surface area (Å²) in [5, 5.41) is 0. The molecule has 1 aliphatic carbocycles. The van der Waals surface area contributed by atoms with E-state index in [1.165, 1.54) is 32.1 Å². The Morgan fingerprint density at radius 2 is 1.89 bits per heavy atom. The van der Waals surface area contributed by atoms with Gasteiger partial charge in [-0.15, -0.1) is 0 Å². The van der Waals surface area contributed by atoms with Gasteiger partial charge in [-0.3, -0.25) is 9.69 Å². The molecule has 2 rings (SSSR count). The van der Waals surface area contributed by atoms with E-state index in [2.05, 4.69) is 18.7 Å². The highest BCUT2D eigenvalue weighted by atomic mass is 16.2. The Morgan fingerprint density at radius 1 is 1.22 bits per heavy atom. The molecule has 0 radical (unpaired) electrons. The van der Waals surface area contributed by atoms with Crippen molar-refractivity contribution in [1.29, 1.82) is 0 Å². The summed E-state index contributed by atoms with van der Waals surface area (Å²) in [6, 6.07) is 0.319. The van der Waals surface area contributed by atoms with Crippen molar-refractivity contribution in [3.05, 3.63) is 0 Å². The summed E-state index contributed by atoms with van der Waals surface area (Å²) >= 11 is 0. The first kappa shape index (κ1) is 13.8. The summed E-state index contributed by atoms with van der Waals surface area (Å²) in [4.78, 5) is 16.5. The van der Waals surface area contributed by atoms with Crippen LogP contribution in [0.3, 0.4) is 0 Å². The van der Waals surface area contributed by atoms with Crippen LogP contribution in [-0.4, -0.2) is 53.5 Å². The molecule has 4 heteroatoms. The Bertz CT molecular complexity index is 297. The predicted octanol–water partition coefficient (Wildman–Crippen LogP) is 1.20. The van der Waals surface area contributed by atoms with Crippen molar-refractivity contribution in [2.75, 3.05) is 26.2 Å². The SMILES string of the molecule is CC(C)N1CCN(C2(CN)CCCCC2)CC1=O. The smallest absolute Gasteiger partial charge is 0.237 e. The van der Waals surface area contributed by atoms with Crippen LogP contribution in [-0.2, 0) is 4.79 Å². The quantitative estimate of drug-likeness (QED) is 0.822. The van der Waals surface area contributed by atoms with Gasteiger partial charge in [-0.1, -0.05) is 19.3 Å². The van der Waals surface area contributed by atoms with Crippen LogP contribution < -0.4 is 5.73 Å². The summed E-state index contributed by atoms with van der Waals surface area (Å²) < 4.78 is 0. The zero-order chi connectivity index (χ0) is 13.2. The summed E-state index contributed by atoms with van der Waals surface area (Å²) in [5.74, 6) is 0.273. The molecular formula is C14H27N3O. The van der Waals surface area contributed by atoms with Crippen molar-refractivity contribution in [3.63, 3.8) is 0 Å². The zero-order valence-electron chi connectivity index (χ0n) is 11.8. The first-order valence-corrected chi connectivity index (χ1v) is 7.34. The Kier molecular flexibility index (Phi) is 4.28. The van der Waals surface area contributed by atoms with Crippen LogP contribution >= 0.6 is 0 Å². The standard InChI is InChI=1S/C14H27N3O/c1-12(2)17-9-8-16(10-13(17)18)14(11-15)6-4-3-5-7-14/h12H,3-11,15H2,1-2H3. The summed E-state index contributed by atoms with van der Waals surface area (Å²) in [6.45, 7) is 7.29. The fourth-order valence-electron chi connectivity index (χ4n) is 3.50. The van der Waals surface area contributed by atoms with E-state index in [0.717, 1.165) is 13.1 Å². The molecule has 0 aromatic rings. The van der Waals surface area contributed by atoms with Gasteiger partial charge >= 0.3 is 0 Å². The van der Waals surface area contributed by atoms with E-state index in [1.807, 2.05) is 4.90 Å². The lowest BCUT2D eigenvalue weighted by molar-refractivity contribution is -0.141. The van der Waals surface area contributed by atoms with Crippen molar-refractivity contribution in [3.8, 4) is 0 Å². The maximum atomic E-state index is 12.2. The molecule has 0 unspecified atom stereocenters. The van der Waals surface area contributed by atoms with Crippen LogP contribution in [0.5, 0.6) is 0 Å². The van der Waals surface area contributed by atoms with E-state index < -0.39 is 0 Å². The topological polar surface area (TPSA) is 49.6 Å². The van der Waals surface area contributed by atoms with E-state index in [-0.39, 0.29) is 11.4 Å². The van der Waals surface area contributed by atoms with Gasteiger partial charge in [0, 0.05) is 31.2 Å². The summed E-state index contributed by atoms with van der Waals surface area (Å²) in [5.41, 5.74) is 6.15. The third kappa shape index (κ3) is 2.54. The van der Waals surface area contributed by atoms with E-state index in [0.29, 0.717) is 19.1 Å². The molecule has 0 spiro atoms. The van der Waals surface area contributed by atoms with Gasteiger partial charge in [-0.05, 0) is 26.7 Å². The number of nitrogens with two attached hydrogens (primary N) is 1. The Hall–Kier alpha value is -0.610. The molecule has 104 valence electrons. The van der Waals surface area contributed by atoms with Gasteiger partial charge in [0.1, 0.15) is 0 Å². The third-order valence-electron chi connectivity index (χ3n) is 4.72. The lowest BCUT2D eigenvalue weighted by Gasteiger charge is -2.49. The fraction of sp³-hybridized carbons (Fsp3) is 0.929. The van der Waals surface area contributed by atoms with Crippen molar-refractivity contribution < 1.29 is 4.79 Å². The van der Waals surface area contributed by atoms with Crippen molar-refractivity contribution in [2.24, 2.45) is 5.73 Å². The van der Waals surface area contributed by atoms with Gasteiger partial charge < -0.3 is 10.6 Å². The van der Waals surface area contributed by atoms with Crippen molar-refractivity contribution in [1.82, 2.24) is 9.80 Å². The van der Waals surface area contributed by atoms with Crippen LogP contribution in [0.15, 0.2) is 0 Å². The van der Waals surface area contributed by atoms with Gasteiger partial charge in [0.15, 0.2) is 0 Å². The largest absolute Gasteiger partial charge is 0.338 e. The summed E-state index contributed by atoms with van der Waals surface area (Å²) in [6.07, 6.45) is 6.17. The minimum Gasteiger partial charge on any atom is -0.338 e. The molecule has 18 heavy (non-hydrogen) atoms. The van der Waals surface area contributed by atoms with E-state index in [9.17, 15) is 4.79 Å². The Morgan fingerprint density at radius 3 is 2.39 bits per heavy atom. The molecule has 2 N–H and O–H groups in total. The molecular weight excluding hydrogens is 226 g/mol. The van der Waals surface area contributed by atoms with Crippen LogP contribution in [0.1, 0.15) is 46.0 Å². The predicted molar refractivity (Wildman–Crippen MR) is 73.3 cm³/mol. The van der Waals surface area contributed by atoms with Crippen LogP contribution in [0, 0.1) is 0 Å². The van der Waals surface area contributed by atoms with Crippen LogP contribution in [0.25, 0.3) is 0 Å². The third-order valence-corrected chi connectivity index (χ3v) is 4.72. The first-order valence-electron chi connectivity index (χ1n) is 7.34. The molecule has 2 aliphatic rings. The zero-order valence-corrected chi connectivity index (χ0v) is 11.8. The minimum atomic E-state index is 0.108. The van der Waals surface area contributed by atoms with E-state index in [4.69, 9.17) is 5.73 Å². The number of carbonyl (C=O) groups excluding carboxylic acids is 1. The second-order valence-electron chi connectivity index (χ2n) is 6.09. The highest BCUT2D eigenvalue weighted by Crippen LogP contribution is 2.33. The van der Waals surface area contributed by atoms with Crippen LogP contribution in [0.2, 0.25) is 0 Å². The lowest BCUT2D eigenvalue weighted by Crippen LogP contribution is -2.63. The van der Waals surface area contributed by atoms with Gasteiger partial charge in [0.25, 0.3) is 0 Å². The second kappa shape index (κ2) is 5.57. The second-order valence-corrected chi connectivity index (χ2v) is 6.09. The Balaban J connectivity index is 2.04. The number of hydrogen-bond acceptors (Lipinski definition) is 3. The summed E-state index contributed by atoms with van der Waals surface area (Å²) in [7, 11) is 0. The lowest BCUT2D eigenvalue weighted by atomic mass is 9.80. The molecule has 1 heterocycles. The molecule has 4 nitrogen and oxygen atoms in total. The highest BCUT2D eigenvalue weighted by Gasteiger charge is 2.40. The number of piperazine rings is 1. The molecule has 2 fully saturated rings. The number of rotatable bonds is 3. The van der Waals surface area contributed by atoms with E-state index >= 15 is 0 Å². The number of hydrogen-bond donors (Lipinski definition) is 1. The molecule has 0 aromatic carbocycles. The fourth-order valence-corrected chi connectivity index (χ4v) is 3.50. The molecule has 0 aromatic heterocycles. The normalized spacial score (nSPS) is 25.8.